The fraction of sp³-hybridized carbons (Fsp3) is 0.579. The zero-order chi connectivity index (χ0) is 17.0. The summed E-state index contributed by atoms with van der Waals surface area (Å²) < 4.78 is 0. The summed E-state index contributed by atoms with van der Waals surface area (Å²) in [5.74, 6) is -0.381. The highest BCUT2D eigenvalue weighted by Gasteiger charge is 2.37. The Hall–Kier alpha value is -1.88. The maximum atomic E-state index is 12.5. The lowest BCUT2D eigenvalue weighted by atomic mass is 9.74. The molecule has 1 unspecified atom stereocenters. The number of aliphatic hydroxyl groups is 1. The van der Waals surface area contributed by atoms with E-state index in [1.807, 2.05) is 30.3 Å². The van der Waals surface area contributed by atoms with Crippen molar-refractivity contribution in [2.45, 2.75) is 38.5 Å². The summed E-state index contributed by atoms with van der Waals surface area (Å²) in [7, 11) is 0. The predicted molar refractivity (Wildman–Crippen MR) is 92.5 cm³/mol. The van der Waals surface area contributed by atoms with Gasteiger partial charge in [0, 0.05) is 30.6 Å². The molecule has 2 N–H and O–H groups in total. The van der Waals surface area contributed by atoms with Crippen LogP contribution in [-0.4, -0.2) is 36.6 Å². The average molecular weight is 330 g/mol. The Bertz CT molecular complexity index is 582. The van der Waals surface area contributed by atoms with Gasteiger partial charge in [-0.1, -0.05) is 37.5 Å². The van der Waals surface area contributed by atoms with Crippen LogP contribution in [0.2, 0.25) is 0 Å². The van der Waals surface area contributed by atoms with Crippen molar-refractivity contribution in [1.29, 1.82) is 0 Å². The fourth-order valence-corrected chi connectivity index (χ4v) is 3.85. The van der Waals surface area contributed by atoms with Crippen molar-refractivity contribution >= 4 is 17.5 Å². The van der Waals surface area contributed by atoms with Crippen LogP contribution in [0.15, 0.2) is 30.3 Å². The van der Waals surface area contributed by atoms with E-state index >= 15 is 0 Å². The Morgan fingerprint density at radius 1 is 1.21 bits per heavy atom. The van der Waals surface area contributed by atoms with Crippen LogP contribution in [0, 0.1) is 11.3 Å². The maximum Gasteiger partial charge on any atom is 0.227 e. The van der Waals surface area contributed by atoms with Gasteiger partial charge in [-0.2, -0.15) is 0 Å². The predicted octanol–water partition coefficient (Wildman–Crippen LogP) is 2.10. The second-order valence-electron chi connectivity index (χ2n) is 7.18. The first kappa shape index (κ1) is 17.0. The molecule has 5 heteroatoms. The number of nitrogens with zero attached hydrogens (tertiary/aromatic N) is 1. The zero-order valence-electron chi connectivity index (χ0n) is 14.0. The van der Waals surface area contributed by atoms with Gasteiger partial charge >= 0.3 is 0 Å². The van der Waals surface area contributed by atoms with Crippen LogP contribution in [-0.2, 0) is 9.59 Å². The fourth-order valence-electron chi connectivity index (χ4n) is 3.85. The molecule has 1 aromatic carbocycles. The summed E-state index contributed by atoms with van der Waals surface area (Å²) in [6.45, 7) is 1.06. The molecule has 2 amide bonds. The normalized spacial score (nSPS) is 23.3. The molecule has 0 radical (unpaired) electrons. The monoisotopic (exact) mass is 330 g/mol. The number of hydrogen-bond donors (Lipinski definition) is 2. The molecular weight excluding hydrogens is 304 g/mol. The van der Waals surface area contributed by atoms with Crippen molar-refractivity contribution in [2.24, 2.45) is 11.3 Å². The summed E-state index contributed by atoms with van der Waals surface area (Å²) in [5, 5.41) is 12.7. The van der Waals surface area contributed by atoms with E-state index < -0.39 is 0 Å². The number of rotatable bonds is 5. The molecule has 0 spiro atoms. The molecule has 2 fully saturated rings. The van der Waals surface area contributed by atoms with Crippen LogP contribution in [0.4, 0.5) is 5.69 Å². The molecule has 1 aromatic rings. The molecule has 5 nitrogen and oxygen atoms in total. The molecule has 130 valence electrons. The van der Waals surface area contributed by atoms with Crippen LogP contribution in [0.25, 0.3) is 0 Å². The van der Waals surface area contributed by atoms with E-state index in [1.165, 1.54) is 6.42 Å². The van der Waals surface area contributed by atoms with E-state index in [9.17, 15) is 14.7 Å². The van der Waals surface area contributed by atoms with E-state index in [0.29, 0.717) is 13.1 Å². The first-order valence-corrected chi connectivity index (χ1v) is 8.88. The molecule has 24 heavy (non-hydrogen) atoms. The number of hydrogen-bond acceptors (Lipinski definition) is 3. The zero-order valence-corrected chi connectivity index (χ0v) is 14.0. The number of para-hydroxylation sites is 1. The summed E-state index contributed by atoms with van der Waals surface area (Å²) in [6.07, 6.45) is 5.61. The van der Waals surface area contributed by atoms with Gasteiger partial charge in [0.1, 0.15) is 0 Å². The van der Waals surface area contributed by atoms with Crippen LogP contribution < -0.4 is 10.2 Å². The Labute approximate surface area is 143 Å². The lowest BCUT2D eigenvalue weighted by molar-refractivity contribution is -0.127. The molecule has 0 aromatic heterocycles. The number of nitrogens with one attached hydrogen (secondary N) is 1. The highest BCUT2D eigenvalue weighted by molar-refractivity contribution is 6.00. The molecule has 3 rings (SSSR count). The molecule has 1 saturated heterocycles. The SMILES string of the molecule is O=C(NCC1(CO)CCCCC1)C1CC(=O)N(c2ccccc2)C1. The van der Waals surface area contributed by atoms with Crippen molar-refractivity contribution < 1.29 is 14.7 Å². The molecule has 1 saturated carbocycles. The Morgan fingerprint density at radius 2 is 1.92 bits per heavy atom. The maximum absolute atomic E-state index is 12.5. The van der Waals surface area contributed by atoms with Crippen LogP contribution >= 0.6 is 0 Å². The summed E-state index contributed by atoms with van der Waals surface area (Å²) in [5.41, 5.74) is 0.673. The quantitative estimate of drug-likeness (QED) is 0.868. The number of amides is 2. The Morgan fingerprint density at radius 3 is 2.58 bits per heavy atom. The minimum Gasteiger partial charge on any atom is -0.396 e. The minimum absolute atomic E-state index is 0.00381. The topological polar surface area (TPSA) is 69.6 Å². The van der Waals surface area contributed by atoms with Crippen molar-refractivity contribution in [3.05, 3.63) is 30.3 Å². The number of anilines is 1. The molecule has 1 heterocycles. The van der Waals surface area contributed by atoms with Gasteiger partial charge in [-0.25, -0.2) is 0 Å². The summed E-state index contributed by atoms with van der Waals surface area (Å²) >= 11 is 0. The Balaban J connectivity index is 1.57. The van der Waals surface area contributed by atoms with Crippen molar-refractivity contribution in [3.63, 3.8) is 0 Å². The lowest BCUT2D eigenvalue weighted by Crippen LogP contribution is -2.43. The third-order valence-electron chi connectivity index (χ3n) is 5.45. The van der Waals surface area contributed by atoms with E-state index in [2.05, 4.69) is 5.32 Å². The minimum atomic E-state index is -0.308. The van der Waals surface area contributed by atoms with E-state index in [0.717, 1.165) is 31.4 Å². The van der Waals surface area contributed by atoms with Gasteiger partial charge < -0.3 is 15.3 Å². The van der Waals surface area contributed by atoms with E-state index in [-0.39, 0.29) is 36.2 Å². The first-order valence-electron chi connectivity index (χ1n) is 8.88. The van der Waals surface area contributed by atoms with Gasteiger partial charge in [0.2, 0.25) is 11.8 Å². The van der Waals surface area contributed by atoms with Gasteiger partial charge in [-0.15, -0.1) is 0 Å². The van der Waals surface area contributed by atoms with Gasteiger partial charge in [0.25, 0.3) is 0 Å². The molecule has 2 aliphatic rings. The third kappa shape index (κ3) is 3.61. The Kier molecular flexibility index (Phi) is 5.19. The number of carbonyl (C=O) groups is 2. The van der Waals surface area contributed by atoms with E-state index in [1.54, 1.807) is 4.90 Å². The molecular formula is C19H26N2O3. The second-order valence-corrected chi connectivity index (χ2v) is 7.18. The number of aliphatic hydroxyl groups excluding tert-OH is 1. The standard InChI is InChI=1S/C19H26N2O3/c22-14-19(9-5-2-6-10-19)13-20-18(24)15-11-17(23)21(12-15)16-7-3-1-4-8-16/h1,3-4,7-8,15,22H,2,5-6,9-14H2,(H,20,24). The second kappa shape index (κ2) is 7.34. The molecule has 1 atom stereocenters. The molecule has 1 aliphatic carbocycles. The van der Waals surface area contributed by atoms with Crippen LogP contribution in [0.3, 0.4) is 0 Å². The smallest absolute Gasteiger partial charge is 0.227 e. The highest BCUT2D eigenvalue weighted by Crippen LogP contribution is 2.35. The summed E-state index contributed by atoms with van der Waals surface area (Å²) in [4.78, 5) is 26.4. The van der Waals surface area contributed by atoms with Gasteiger partial charge in [0.15, 0.2) is 0 Å². The van der Waals surface area contributed by atoms with Gasteiger partial charge in [0.05, 0.1) is 12.5 Å². The first-order chi connectivity index (χ1) is 11.6. The number of benzene rings is 1. The lowest BCUT2D eigenvalue weighted by Gasteiger charge is -2.35. The van der Waals surface area contributed by atoms with Crippen molar-refractivity contribution in [1.82, 2.24) is 5.32 Å². The van der Waals surface area contributed by atoms with Gasteiger partial charge in [-0.3, -0.25) is 9.59 Å². The summed E-state index contributed by atoms with van der Waals surface area (Å²) in [6, 6.07) is 9.48. The van der Waals surface area contributed by atoms with Gasteiger partial charge in [-0.05, 0) is 25.0 Å². The van der Waals surface area contributed by atoms with Crippen molar-refractivity contribution in [2.75, 3.05) is 24.6 Å². The number of carbonyl (C=O) groups excluding carboxylic acids is 2. The molecule has 1 aliphatic heterocycles. The van der Waals surface area contributed by atoms with Crippen molar-refractivity contribution in [3.8, 4) is 0 Å². The average Bonchev–Trinajstić information content (AvgIpc) is 3.03. The largest absolute Gasteiger partial charge is 0.396 e. The highest BCUT2D eigenvalue weighted by atomic mass is 16.3. The van der Waals surface area contributed by atoms with Crippen LogP contribution in [0.5, 0.6) is 0 Å². The van der Waals surface area contributed by atoms with E-state index in [4.69, 9.17) is 0 Å². The molecule has 0 bridgehead atoms. The third-order valence-corrected chi connectivity index (χ3v) is 5.45. The van der Waals surface area contributed by atoms with Crippen LogP contribution in [0.1, 0.15) is 38.5 Å².